The van der Waals surface area contributed by atoms with Gasteiger partial charge in [-0.3, -0.25) is 4.98 Å². The SMILES string of the molecule is CCN1C(=S)N[C@@H](c2ccccn2)[C@H]1c1cc(C)n(-c2ccc(Cl)cc2Cl)c1C. The third-order valence-electron chi connectivity index (χ3n) is 5.48. The van der Waals surface area contributed by atoms with E-state index in [0.29, 0.717) is 10.0 Å². The van der Waals surface area contributed by atoms with E-state index in [1.165, 1.54) is 5.56 Å². The van der Waals surface area contributed by atoms with Crippen molar-refractivity contribution in [2.45, 2.75) is 32.9 Å². The van der Waals surface area contributed by atoms with Gasteiger partial charge < -0.3 is 14.8 Å². The number of pyridine rings is 1. The first-order chi connectivity index (χ1) is 13.9. The second-order valence-electron chi connectivity index (χ2n) is 7.17. The Morgan fingerprint density at radius 3 is 2.59 bits per heavy atom. The largest absolute Gasteiger partial charge is 0.352 e. The smallest absolute Gasteiger partial charge is 0.170 e. The van der Waals surface area contributed by atoms with Crippen LogP contribution in [-0.4, -0.2) is 26.1 Å². The van der Waals surface area contributed by atoms with Gasteiger partial charge in [0.15, 0.2) is 5.11 Å². The third kappa shape index (κ3) is 3.52. The summed E-state index contributed by atoms with van der Waals surface area (Å²) in [6, 6.07) is 13.8. The van der Waals surface area contributed by atoms with Crippen LogP contribution in [0.2, 0.25) is 10.0 Å². The number of aryl methyl sites for hydroxylation is 1. The minimum absolute atomic E-state index is 0.0155. The fraction of sp³-hybridized carbons (Fsp3) is 0.273. The quantitative estimate of drug-likeness (QED) is 0.516. The predicted octanol–water partition coefficient (Wildman–Crippen LogP) is 5.79. The molecule has 0 amide bonds. The molecule has 1 N–H and O–H groups in total. The Kier molecular flexibility index (Phi) is 5.56. The molecule has 0 radical (unpaired) electrons. The summed E-state index contributed by atoms with van der Waals surface area (Å²) in [7, 11) is 0. The maximum Gasteiger partial charge on any atom is 0.170 e. The molecule has 2 atom stereocenters. The van der Waals surface area contributed by atoms with E-state index in [9.17, 15) is 0 Å². The lowest BCUT2D eigenvalue weighted by molar-refractivity contribution is 0.329. The van der Waals surface area contributed by atoms with Crippen LogP contribution in [0, 0.1) is 13.8 Å². The molecule has 0 spiro atoms. The summed E-state index contributed by atoms with van der Waals surface area (Å²) in [5, 5.41) is 5.48. The molecular formula is C22H22Cl2N4S. The molecule has 1 aliphatic heterocycles. The van der Waals surface area contributed by atoms with E-state index < -0.39 is 0 Å². The predicted molar refractivity (Wildman–Crippen MR) is 123 cm³/mol. The van der Waals surface area contributed by atoms with Crippen LogP contribution < -0.4 is 5.32 Å². The zero-order chi connectivity index (χ0) is 20.7. The Balaban J connectivity index is 1.85. The van der Waals surface area contributed by atoms with E-state index in [-0.39, 0.29) is 12.1 Å². The molecular weight excluding hydrogens is 423 g/mol. The van der Waals surface area contributed by atoms with Crippen LogP contribution in [0.25, 0.3) is 5.69 Å². The summed E-state index contributed by atoms with van der Waals surface area (Å²) in [6.07, 6.45) is 1.82. The summed E-state index contributed by atoms with van der Waals surface area (Å²) >= 11 is 18.3. The minimum Gasteiger partial charge on any atom is -0.352 e. The summed E-state index contributed by atoms with van der Waals surface area (Å²) in [6.45, 7) is 7.15. The van der Waals surface area contributed by atoms with Gasteiger partial charge in [0.25, 0.3) is 0 Å². The first kappa shape index (κ1) is 20.2. The zero-order valence-corrected chi connectivity index (χ0v) is 18.8. The average molecular weight is 445 g/mol. The molecule has 2 aromatic heterocycles. The van der Waals surface area contributed by atoms with Crippen LogP contribution >= 0.6 is 35.4 Å². The fourth-order valence-electron chi connectivity index (χ4n) is 4.20. The number of nitrogens with one attached hydrogen (secondary N) is 1. The highest BCUT2D eigenvalue weighted by atomic mass is 35.5. The van der Waals surface area contributed by atoms with Gasteiger partial charge in [0, 0.05) is 29.2 Å². The standard InChI is InChI=1S/C22H22Cl2N4S/c1-4-27-21(20(26-22(27)29)18-7-5-6-10-25-18)16-11-13(2)28(14(16)3)19-9-8-15(23)12-17(19)24/h5-12,20-21H,4H2,1-3H3,(H,26,29)/t20-,21+/m0/s1. The van der Waals surface area contributed by atoms with Crippen molar-refractivity contribution in [3.8, 4) is 5.69 Å². The Hall–Kier alpha value is -2.08. The molecule has 3 aromatic rings. The fourth-order valence-corrected chi connectivity index (χ4v) is 5.07. The number of likely N-dealkylation sites (N-methyl/N-ethyl adjacent to an activating group) is 1. The monoisotopic (exact) mass is 444 g/mol. The number of aromatic nitrogens is 2. The molecule has 1 saturated heterocycles. The molecule has 0 aliphatic carbocycles. The lowest BCUT2D eigenvalue weighted by Gasteiger charge is -2.27. The molecule has 1 fully saturated rings. The van der Waals surface area contributed by atoms with Gasteiger partial charge in [-0.15, -0.1) is 0 Å². The van der Waals surface area contributed by atoms with Crippen molar-refractivity contribution in [3.05, 3.63) is 81.4 Å². The molecule has 4 nitrogen and oxygen atoms in total. The van der Waals surface area contributed by atoms with Crippen LogP contribution in [-0.2, 0) is 0 Å². The van der Waals surface area contributed by atoms with Crippen LogP contribution in [0.1, 0.15) is 41.7 Å². The molecule has 0 saturated carbocycles. The van der Waals surface area contributed by atoms with Crippen LogP contribution in [0.4, 0.5) is 0 Å². The Bertz CT molecular complexity index is 1060. The highest BCUT2D eigenvalue weighted by Gasteiger charge is 2.40. The molecule has 0 unspecified atom stereocenters. The van der Waals surface area contributed by atoms with Gasteiger partial charge in [-0.25, -0.2) is 0 Å². The van der Waals surface area contributed by atoms with Crippen molar-refractivity contribution in [1.82, 2.24) is 19.8 Å². The van der Waals surface area contributed by atoms with Gasteiger partial charge in [0.05, 0.1) is 28.5 Å². The minimum atomic E-state index is -0.0155. The normalized spacial score (nSPS) is 18.9. The maximum absolute atomic E-state index is 6.52. The summed E-state index contributed by atoms with van der Waals surface area (Å²) in [5.74, 6) is 0. The van der Waals surface area contributed by atoms with Gasteiger partial charge in [0.2, 0.25) is 0 Å². The van der Waals surface area contributed by atoms with E-state index in [1.54, 1.807) is 6.07 Å². The van der Waals surface area contributed by atoms with E-state index in [0.717, 1.165) is 34.4 Å². The van der Waals surface area contributed by atoms with Crippen molar-refractivity contribution in [1.29, 1.82) is 0 Å². The average Bonchev–Trinajstić information content (AvgIpc) is 3.18. The number of hydrogen-bond acceptors (Lipinski definition) is 2. The Labute approximate surface area is 186 Å². The van der Waals surface area contributed by atoms with E-state index in [2.05, 4.69) is 46.6 Å². The summed E-state index contributed by atoms with van der Waals surface area (Å²) in [5.41, 5.74) is 5.34. The summed E-state index contributed by atoms with van der Waals surface area (Å²) in [4.78, 5) is 6.82. The van der Waals surface area contributed by atoms with Crippen molar-refractivity contribution in [3.63, 3.8) is 0 Å². The maximum atomic E-state index is 6.52. The van der Waals surface area contributed by atoms with Gasteiger partial charge in [-0.2, -0.15) is 0 Å². The second-order valence-corrected chi connectivity index (χ2v) is 8.40. The molecule has 150 valence electrons. The number of thiocarbonyl (C=S) groups is 1. The van der Waals surface area contributed by atoms with E-state index in [1.807, 2.05) is 36.5 Å². The second kappa shape index (κ2) is 7.98. The number of rotatable bonds is 4. The van der Waals surface area contributed by atoms with Crippen molar-refractivity contribution in [2.75, 3.05) is 6.54 Å². The van der Waals surface area contributed by atoms with Crippen LogP contribution in [0.15, 0.2) is 48.7 Å². The number of hydrogen-bond donors (Lipinski definition) is 1. The van der Waals surface area contributed by atoms with Gasteiger partial charge in [-0.05, 0) is 75.0 Å². The number of nitrogens with zero attached hydrogens (tertiary/aromatic N) is 3. The highest BCUT2D eigenvalue weighted by molar-refractivity contribution is 7.80. The van der Waals surface area contributed by atoms with Gasteiger partial charge in [-0.1, -0.05) is 29.3 Å². The van der Waals surface area contributed by atoms with Crippen LogP contribution in [0.5, 0.6) is 0 Å². The molecule has 3 heterocycles. The first-order valence-corrected chi connectivity index (χ1v) is 10.7. The zero-order valence-electron chi connectivity index (χ0n) is 16.5. The first-order valence-electron chi connectivity index (χ1n) is 9.54. The lowest BCUT2D eigenvalue weighted by atomic mass is 9.97. The lowest BCUT2D eigenvalue weighted by Crippen LogP contribution is -2.29. The van der Waals surface area contributed by atoms with Gasteiger partial charge >= 0.3 is 0 Å². The molecule has 29 heavy (non-hydrogen) atoms. The molecule has 7 heteroatoms. The van der Waals surface area contributed by atoms with Crippen molar-refractivity contribution >= 4 is 40.5 Å². The van der Waals surface area contributed by atoms with Crippen LogP contribution in [0.3, 0.4) is 0 Å². The topological polar surface area (TPSA) is 33.1 Å². The molecule has 0 bridgehead atoms. The van der Waals surface area contributed by atoms with Gasteiger partial charge in [0.1, 0.15) is 0 Å². The summed E-state index contributed by atoms with van der Waals surface area (Å²) < 4.78 is 2.18. The Morgan fingerprint density at radius 2 is 1.93 bits per heavy atom. The number of halogens is 2. The highest BCUT2D eigenvalue weighted by Crippen LogP contribution is 2.41. The van der Waals surface area contributed by atoms with Crippen molar-refractivity contribution in [2.24, 2.45) is 0 Å². The number of benzene rings is 1. The van der Waals surface area contributed by atoms with E-state index >= 15 is 0 Å². The van der Waals surface area contributed by atoms with Crippen molar-refractivity contribution < 1.29 is 0 Å². The molecule has 1 aromatic carbocycles. The van der Waals surface area contributed by atoms with E-state index in [4.69, 9.17) is 35.4 Å². The molecule has 1 aliphatic rings. The molecule has 4 rings (SSSR count). The Morgan fingerprint density at radius 1 is 1.14 bits per heavy atom. The third-order valence-corrected chi connectivity index (χ3v) is 6.37.